The van der Waals surface area contributed by atoms with Gasteiger partial charge in [0.15, 0.2) is 5.69 Å². The summed E-state index contributed by atoms with van der Waals surface area (Å²) in [5.41, 5.74) is 5.90. The average Bonchev–Trinajstić information content (AvgIpc) is 2.83. The van der Waals surface area contributed by atoms with Crippen LogP contribution in [0.3, 0.4) is 0 Å². The number of hydrogen-bond donors (Lipinski definition) is 1. The molecule has 2 heterocycles. The average molecular weight is 319 g/mol. The minimum atomic E-state index is -0.507. The number of nitrogens with two attached hydrogens (primary N) is 1. The molecule has 2 aromatic rings. The van der Waals surface area contributed by atoms with Gasteiger partial charge in [-0.15, -0.1) is 11.3 Å². The van der Waals surface area contributed by atoms with Crippen LogP contribution in [0.4, 0.5) is 5.00 Å². The predicted octanol–water partition coefficient (Wildman–Crippen LogP) is 3.00. The van der Waals surface area contributed by atoms with Crippen molar-refractivity contribution in [3.63, 3.8) is 0 Å². The highest BCUT2D eigenvalue weighted by molar-refractivity contribution is 9.10. The highest BCUT2D eigenvalue weighted by Crippen LogP contribution is 2.38. The molecule has 0 aliphatic rings. The molecule has 84 valence electrons. The number of thiazole rings is 1. The summed E-state index contributed by atoms with van der Waals surface area (Å²) < 4.78 is 5.54. The Balaban J connectivity index is 2.46. The molecule has 7 heteroatoms. The van der Waals surface area contributed by atoms with E-state index >= 15 is 0 Å². The molecule has 2 rings (SSSR count). The number of nitrogen functional groups attached to an aromatic ring is 1. The van der Waals surface area contributed by atoms with E-state index in [0.29, 0.717) is 5.00 Å². The summed E-state index contributed by atoms with van der Waals surface area (Å²) in [6.45, 7) is 0. The number of hydrogen-bond acceptors (Lipinski definition) is 6. The molecular weight excluding hydrogens is 312 g/mol. The minimum Gasteiger partial charge on any atom is -0.464 e. The van der Waals surface area contributed by atoms with Crippen LogP contribution in [-0.4, -0.2) is 18.1 Å². The van der Waals surface area contributed by atoms with Crippen LogP contribution in [-0.2, 0) is 4.74 Å². The molecule has 4 nitrogen and oxygen atoms in total. The van der Waals surface area contributed by atoms with Gasteiger partial charge in [-0.25, -0.2) is 9.78 Å². The van der Waals surface area contributed by atoms with Crippen molar-refractivity contribution >= 4 is 49.6 Å². The van der Waals surface area contributed by atoms with Crippen molar-refractivity contribution in [3.8, 4) is 9.88 Å². The third-order valence-corrected chi connectivity index (χ3v) is 4.72. The lowest BCUT2D eigenvalue weighted by atomic mass is 10.4. The molecule has 0 radical (unpaired) electrons. The van der Waals surface area contributed by atoms with Gasteiger partial charge in [0.2, 0.25) is 0 Å². The monoisotopic (exact) mass is 318 g/mol. The molecule has 16 heavy (non-hydrogen) atoms. The van der Waals surface area contributed by atoms with Crippen LogP contribution in [0.1, 0.15) is 10.5 Å². The normalized spacial score (nSPS) is 10.4. The van der Waals surface area contributed by atoms with Crippen molar-refractivity contribution in [1.82, 2.24) is 4.98 Å². The number of esters is 1. The second-order valence-corrected chi connectivity index (χ2v) is 5.62. The van der Waals surface area contributed by atoms with Gasteiger partial charge >= 0.3 is 5.97 Å². The van der Waals surface area contributed by atoms with Crippen LogP contribution in [0.5, 0.6) is 0 Å². The third-order valence-electron chi connectivity index (χ3n) is 1.84. The third kappa shape index (κ3) is 1.98. The lowest BCUT2D eigenvalue weighted by Gasteiger charge is -1.93. The fourth-order valence-electron chi connectivity index (χ4n) is 1.12. The smallest absolute Gasteiger partial charge is 0.359 e. The molecule has 0 amide bonds. The summed E-state index contributed by atoms with van der Waals surface area (Å²) in [6.07, 6.45) is 0. The molecule has 0 aliphatic heterocycles. The van der Waals surface area contributed by atoms with Crippen LogP contribution in [0.15, 0.2) is 15.9 Å². The van der Waals surface area contributed by atoms with Crippen molar-refractivity contribution in [3.05, 3.63) is 21.6 Å². The number of thiophene rings is 1. The fraction of sp³-hybridized carbons (Fsp3) is 0.111. The maximum Gasteiger partial charge on any atom is 0.359 e. The maximum absolute atomic E-state index is 11.3. The number of carbonyl (C=O) groups excluding carboxylic acids is 1. The first kappa shape index (κ1) is 11.6. The van der Waals surface area contributed by atoms with Gasteiger partial charge in [-0.1, -0.05) is 11.3 Å². The number of carbonyl (C=O) groups is 1. The zero-order valence-corrected chi connectivity index (χ0v) is 11.4. The number of aromatic nitrogens is 1. The molecule has 0 atom stereocenters. The largest absolute Gasteiger partial charge is 0.464 e. The maximum atomic E-state index is 11.3. The second kappa shape index (κ2) is 4.52. The van der Waals surface area contributed by atoms with Gasteiger partial charge in [-0.3, -0.25) is 0 Å². The molecule has 0 spiro atoms. The Kier molecular flexibility index (Phi) is 3.27. The molecule has 0 unspecified atom stereocenters. The number of methoxy groups -OCH3 is 1. The van der Waals surface area contributed by atoms with E-state index in [4.69, 9.17) is 5.73 Å². The van der Waals surface area contributed by atoms with Crippen LogP contribution in [0.2, 0.25) is 0 Å². The summed E-state index contributed by atoms with van der Waals surface area (Å²) >= 11 is 6.22. The van der Waals surface area contributed by atoms with Crippen LogP contribution >= 0.6 is 38.6 Å². The number of anilines is 1. The number of rotatable bonds is 2. The molecule has 2 N–H and O–H groups in total. The van der Waals surface area contributed by atoms with Gasteiger partial charge in [0.05, 0.1) is 12.0 Å². The van der Waals surface area contributed by atoms with E-state index in [0.717, 1.165) is 14.4 Å². The molecule has 0 aliphatic carbocycles. The van der Waals surface area contributed by atoms with Gasteiger partial charge in [0.1, 0.15) is 10.0 Å². The Morgan fingerprint density at radius 2 is 2.38 bits per heavy atom. The Hall–Kier alpha value is -0.920. The standard InChI is InChI=1S/C9H7BrN2O2S2/c1-14-9(13)5-7(11)16-8(12-5)6-4(10)2-3-15-6/h2-3H,11H2,1H3. The number of ether oxygens (including phenoxy) is 1. The fourth-order valence-corrected chi connectivity index (χ4v) is 3.74. The summed E-state index contributed by atoms with van der Waals surface area (Å²) in [4.78, 5) is 16.5. The summed E-state index contributed by atoms with van der Waals surface area (Å²) in [7, 11) is 1.31. The predicted molar refractivity (Wildman–Crippen MR) is 68.9 cm³/mol. The van der Waals surface area contributed by atoms with E-state index in [-0.39, 0.29) is 5.69 Å². The molecular formula is C9H7BrN2O2S2. The highest BCUT2D eigenvalue weighted by atomic mass is 79.9. The molecule has 0 saturated carbocycles. The van der Waals surface area contributed by atoms with E-state index in [1.54, 1.807) is 0 Å². The van der Waals surface area contributed by atoms with Crippen molar-refractivity contribution < 1.29 is 9.53 Å². The summed E-state index contributed by atoms with van der Waals surface area (Å²) in [5, 5.41) is 3.04. The highest BCUT2D eigenvalue weighted by Gasteiger charge is 2.19. The van der Waals surface area contributed by atoms with Gasteiger partial charge in [-0.2, -0.15) is 0 Å². The second-order valence-electron chi connectivity index (χ2n) is 2.82. The van der Waals surface area contributed by atoms with Gasteiger partial charge in [-0.05, 0) is 27.4 Å². The minimum absolute atomic E-state index is 0.183. The van der Waals surface area contributed by atoms with E-state index < -0.39 is 5.97 Å². The van der Waals surface area contributed by atoms with E-state index in [2.05, 4.69) is 25.7 Å². The molecule has 0 bridgehead atoms. The SMILES string of the molecule is COC(=O)c1nc(-c2sccc2Br)sc1N. The lowest BCUT2D eigenvalue weighted by molar-refractivity contribution is 0.0596. The van der Waals surface area contributed by atoms with E-state index in [9.17, 15) is 4.79 Å². The molecule has 2 aromatic heterocycles. The van der Waals surface area contributed by atoms with Crippen LogP contribution in [0.25, 0.3) is 9.88 Å². The topological polar surface area (TPSA) is 65.2 Å². The summed E-state index contributed by atoms with van der Waals surface area (Å²) in [6, 6.07) is 1.93. The van der Waals surface area contributed by atoms with Crippen molar-refractivity contribution in [2.75, 3.05) is 12.8 Å². The Labute approximate surface area is 108 Å². The zero-order chi connectivity index (χ0) is 11.7. The number of nitrogens with zero attached hydrogens (tertiary/aromatic N) is 1. The van der Waals surface area contributed by atoms with Crippen molar-refractivity contribution in [2.24, 2.45) is 0 Å². The Morgan fingerprint density at radius 3 is 2.94 bits per heavy atom. The van der Waals surface area contributed by atoms with E-state index in [1.807, 2.05) is 11.4 Å². The lowest BCUT2D eigenvalue weighted by Crippen LogP contribution is -2.04. The molecule has 0 fully saturated rings. The van der Waals surface area contributed by atoms with Crippen LogP contribution < -0.4 is 5.73 Å². The van der Waals surface area contributed by atoms with Gasteiger partial charge in [0.25, 0.3) is 0 Å². The zero-order valence-electron chi connectivity index (χ0n) is 8.19. The Bertz CT molecular complexity index is 535. The Morgan fingerprint density at radius 1 is 1.62 bits per heavy atom. The quantitative estimate of drug-likeness (QED) is 0.864. The van der Waals surface area contributed by atoms with Gasteiger partial charge in [0, 0.05) is 4.47 Å². The number of halogens is 1. The summed E-state index contributed by atoms with van der Waals surface area (Å²) in [5.74, 6) is -0.507. The van der Waals surface area contributed by atoms with Crippen LogP contribution in [0, 0.1) is 0 Å². The first-order chi connectivity index (χ1) is 7.63. The van der Waals surface area contributed by atoms with E-state index in [1.165, 1.54) is 29.8 Å². The first-order valence-electron chi connectivity index (χ1n) is 4.21. The first-order valence-corrected chi connectivity index (χ1v) is 6.70. The molecule has 0 saturated heterocycles. The van der Waals surface area contributed by atoms with Gasteiger partial charge < -0.3 is 10.5 Å². The van der Waals surface area contributed by atoms with Crippen molar-refractivity contribution in [1.29, 1.82) is 0 Å². The van der Waals surface area contributed by atoms with Crippen molar-refractivity contribution in [2.45, 2.75) is 0 Å². The molecule has 0 aromatic carbocycles.